The summed E-state index contributed by atoms with van der Waals surface area (Å²) in [6.07, 6.45) is 1.66. The van der Waals surface area contributed by atoms with Crippen LogP contribution in [0.1, 0.15) is 45.2 Å². The molecule has 6 heteroatoms. The number of carbonyl (C=O) groups is 2. The third kappa shape index (κ3) is 3.78. The average Bonchev–Trinajstić information content (AvgIpc) is 2.53. The molecular formula is C19H27N3O3. The van der Waals surface area contributed by atoms with Crippen LogP contribution in [0.5, 0.6) is 0 Å². The number of amides is 2. The molecule has 6 nitrogen and oxygen atoms in total. The molecule has 2 aliphatic rings. The van der Waals surface area contributed by atoms with Crippen molar-refractivity contribution in [3.05, 3.63) is 34.2 Å². The number of likely N-dealkylation sites (tertiary alicyclic amines) is 1. The highest BCUT2D eigenvalue weighted by Gasteiger charge is 2.38. The molecule has 1 unspecified atom stereocenters. The Morgan fingerprint density at radius 3 is 2.68 bits per heavy atom. The van der Waals surface area contributed by atoms with Crippen LogP contribution in [0.25, 0.3) is 0 Å². The molecule has 1 aromatic rings. The number of carbonyl (C=O) groups excluding carboxylic acids is 2. The molecule has 3 rings (SSSR count). The van der Waals surface area contributed by atoms with Gasteiger partial charge in [-0.15, -0.1) is 0 Å². The van der Waals surface area contributed by atoms with Crippen LogP contribution in [-0.4, -0.2) is 40.4 Å². The van der Waals surface area contributed by atoms with Crippen LogP contribution < -0.4 is 10.9 Å². The van der Waals surface area contributed by atoms with Gasteiger partial charge in [0.15, 0.2) is 0 Å². The highest BCUT2D eigenvalue weighted by Crippen LogP contribution is 2.35. The van der Waals surface area contributed by atoms with Crippen LogP contribution in [0, 0.1) is 11.8 Å². The van der Waals surface area contributed by atoms with Crippen molar-refractivity contribution in [1.29, 1.82) is 0 Å². The first kappa shape index (κ1) is 17.7. The van der Waals surface area contributed by atoms with Crippen LogP contribution in [0.3, 0.4) is 0 Å². The van der Waals surface area contributed by atoms with E-state index in [-0.39, 0.29) is 23.3 Å². The molecule has 2 bridgehead atoms. The van der Waals surface area contributed by atoms with Crippen molar-refractivity contribution in [3.63, 3.8) is 0 Å². The van der Waals surface area contributed by atoms with Gasteiger partial charge in [0, 0.05) is 44.2 Å². The van der Waals surface area contributed by atoms with E-state index in [1.54, 1.807) is 12.1 Å². The number of nitrogens with one attached hydrogen (secondary N) is 1. The second-order valence-corrected chi connectivity index (χ2v) is 7.82. The molecule has 0 spiro atoms. The van der Waals surface area contributed by atoms with Gasteiger partial charge in [-0.1, -0.05) is 19.9 Å². The highest BCUT2D eigenvalue weighted by atomic mass is 16.2. The lowest BCUT2D eigenvalue weighted by Crippen LogP contribution is -2.55. The van der Waals surface area contributed by atoms with Crippen molar-refractivity contribution in [2.45, 2.75) is 52.1 Å². The highest BCUT2D eigenvalue weighted by molar-refractivity contribution is 5.87. The number of hydrogen-bond donors (Lipinski definition) is 1. The van der Waals surface area contributed by atoms with Gasteiger partial charge in [0.1, 0.15) is 6.04 Å². The molecule has 0 aliphatic carbocycles. The number of hydrogen-bond acceptors (Lipinski definition) is 3. The summed E-state index contributed by atoms with van der Waals surface area (Å²) in [7, 11) is 0. The van der Waals surface area contributed by atoms with E-state index in [1.165, 1.54) is 6.92 Å². The van der Waals surface area contributed by atoms with Gasteiger partial charge >= 0.3 is 0 Å². The van der Waals surface area contributed by atoms with E-state index in [2.05, 4.69) is 19.2 Å². The number of pyridine rings is 1. The van der Waals surface area contributed by atoms with Crippen molar-refractivity contribution < 1.29 is 9.59 Å². The molecule has 0 aromatic carbocycles. The summed E-state index contributed by atoms with van der Waals surface area (Å²) in [5.74, 6) is 0.650. The van der Waals surface area contributed by atoms with E-state index in [1.807, 2.05) is 15.5 Å². The van der Waals surface area contributed by atoms with Gasteiger partial charge in [-0.05, 0) is 30.7 Å². The number of fused-ring (bicyclic) bond motifs is 4. The minimum absolute atomic E-state index is 0.00493. The average molecular weight is 345 g/mol. The quantitative estimate of drug-likeness (QED) is 0.895. The molecule has 1 N–H and O–H groups in total. The lowest BCUT2D eigenvalue weighted by atomic mass is 9.82. The Kier molecular flexibility index (Phi) is 4.97. The summed E-state index contributed by atoms with van der Waals surface area (Å²) in [5, 5.41) is 2.82. The molecule has 136 valence electrons. The summed E-state index contributed by atoms with van der Waals surface area (Å²) in [5.41, 5.74) is 1.07. The number of piperidine rings is 1. The third-order valence-electron chi connectivity index (χ3n) is 5.17. The summed E-state index contributed by atoms with van der Waals surface area (Å²) in [4.78, 5) is 38.5. The fourth-order valence-corrected chi connectivity index (χ4v) is 4.24. The van der Waals surface area contributed by atoms with Gasteiger partial charge in [-0.25, -0.2) is 0 Å². The minimum atomic E-state index is -0.464. The smallest absolute Gasteiger partial charge is 0.250 e. The Morgan fingerprint density at radius 1 is 1.24 bits per heavy atom. The van der Waals surface area contributed by atoms with E-state index >= 15 is 0 Å². The standard InChI is InChI=1S/C19H27N3O3/c1-12(2)7-16(20-13(3)23)19(25)21-9-14-8-15(11-21)17-5-4-6-18(24)22(17)10-14/h4-6,12,14-16H,7-11H2,1-3H3,(H,20,23)/t14-,15-,16?/m0/s1. The van der Waals surface area contributed by atoms with E-state index < -0.39 is 6.04 Å². The third-order valence-corrected chi connectivity index (χ3v) is 5.17. The Bertz CT molecular complexity index is 725. The normalized spacial score (nSPS) is 23.1. The van der Waals surface area contributed by atoms with Gasteiger partial charge in [0.05, 0.1) is 0 Å². The van der Waals surface area contributed by atoms with Gasteiger partial charge in [0.2, 0.25) is 11.8 Å². The molecule has 0 radical (unpaired) electrons. The van der Waals surface area contributed by atoms with Crippen molar-refractivity contribution in [2.24, 2.45) is 11.8 Å². The van der Waals surface area contributed by atoms with Crippen molar-refractivity contribution in [1.82, 2.24) is 14.8 Å². The summed E-state index contributed by atoms with van der Waals surface area (Å²) in [6.45, 7) is 7.50. The van der Waals surface area contributed by atoms with Crippen molar-refractivity contribution in [3.8, 4) is 0 Å². The molecule has 2 amide bonds. The Labute approximate surface area is 148 Å². The number of rotatable bonds is 4. The largest absolute Gasteiger partial charge is 0.345 e. The van der Waals surface area contributed by atoms with Crippen molar-refractivity contribution >= 4 is 11.8 Å². The lowest BCUT2D eigenvalue weighted by Gasteiger charge is -2.43. The van der Waals surface area contributed by atoms with E-state index in [9.17, 15) is 14.4 Å². The van der Waals surface area contributed by atoms with Crippen molar-refractivity contribution in [2.75, 3.05) is 13.1 Å². The molecule has 3 atom stereocenters. The Hall–Kier alpha value is -2.11. The van der Waals surface area contributed by atoms with Crippen LogP contribution >= 0.6 is 0 Å². The van der Waals surface area contributed by atoms with Crippen LogP contribution in [0.15, 0.2) is 23.0 Å². The van der Waals surface area contributed by atoms with Gasteiger partial charge in [0.25, 0.3) is 5.56 Å². The molecular weight excluding hydrogens is 318 g/mol. The van der Waals surface area contributed by atoms with E-state index in [0.717, 1.165) is 12.1 Å². The van der Waals surface area contributed by atoms with Gasteiger partial charge < -0.3 is 14.8 Å². The first-order valence-corrected chi connectivity index (χ1v) is 9.10. The first-order valence-electron chi connectivity index (χ1n) is 9.10. The molecule has 0 saturated carbocycles. The predicted octanol–water partition coefficient (Wildman–Crippen LogP) is 1.34. The Balaban J connectivity index is 1.80. The maximum absolute atomic E-state index is 13.0. The molecule has 25 heavy (non-hydrogen) atoms. The van der Waals surface area contributed by atoms with Gasteiger partial charge in [-0.2, -0.15) is 0 Å². The van der Waals surface area contributed by atoms with Crippen LogP contribution in [0.2, 0.25) is 0 Å². The van der Waals surface area contributed by atoms with E-state index in [4.69, 9.17) is 0 Å². The molecule has 1 aromatic heterocycles. The molecule has 1 fully saturated rings. The van der Waals surface area contributed by atoms with Crippen LogP contribution in [0.4, 0.5) is 0 Å². The maximum atomic E-state index is 13.0. The second kappa shape index (κ2) is 7.02. The lowest BCUT2D eigenvalue weighted by molar-refractivity contribution is -0.139. The molecule has 3 heterocycles. The van der Waals surface area contributed by atoms with Crippen LogP contribution in [-0.2, 0) is 16.1 Å². The summed E-state index contributed by atoms with van der Waals surface area (Å²) in [6, 6.07) is 4.93. The van der Waals surface area contributed by atoms with E-state index in [0.29, 0.717) is 37.9 Å². The topological polar surface area (TPSA) is 71.4 Å². The zero-order valence-corrected chi connectivity index (χ0v) is 15.2. The number of nitrogens with zero attached hydrogens (tertiary/aromatic N) is 2. The fourth-order valence-electron chi connectivity index (χ4n) is 4.24. The minimum Gasteiger partial charge on any atom is -0.345 e. The first-order chi connectivity index (χ1) is 11.8. The zero-order chi connectivity index (χ0) is 18.1. The van der Waals surface area contributed by atoms with Gasteiger partial charge in [-0.3, -0.25) is 14.4 Å². The monoisotopic (exact) mass is 345 g/mol. The second-order valence-electron chi connectivity index (χ2n) is 7.82. The summed E-state index contributed by atoms with van der Waals surface area (Å²) >= 11 is 0. The summed E-state index contributed by atoms with van der Waals surface area (Å²) < 4.78 is 1.86. The predicted molar refractivity (Wildman–Crippen MR) is 95.2 cm³/mol. The fraction of sp³-hybridized carbons (Fsp3) is 0.632. The molecule has 1 saturated heterocycles. The Morgan fingerprint density at radius 2 is 2.00 bits per heavy atom. The number of aromatic nitrogens is 1. The zero-order valence-electron chi connectivity index (χ0n) is 15.2. The molecule has 2 aliphatic heterocycles. The maximum Gasteiger partial charge on any atom is 0.250 e. The SMILES string of the molecule is CC(=O)NC(CC(C)C)C(=O)N1C[C@@H]2C[C@@H](C1)c1cccc(=O)n1C2.